The monoisotopic (exact) mass is 336 g/mol. The number of anilines is 1. The smallest absolute Gasteiger partial charge is 0.354 e. The molecule has 2 N–H and O–H groups in total. The number of hydrogen-bond donors (Lipinski definition) is 2. The van der Waals surface area contributed by atoms with Crippen LogP contribution in [0, 0.1) is 5.82 Å². The van der Waals surface area contributed by atoms with E-state index < -0.39 is 5.97 Å². The van der Waals surface area contributed by atoms with Crippen LogP contribution < -0.4 is 5.32 Å². The molecule has 124 valence electrons. The second kappa shape index (κ2) is 6.92. The highest BCUT2D eigenvalue weighted by molar-refractivity contribution is 6.08. The van der Waals surface area contributed by atoms with Gasteiger partial charge in [0, 0.05) is 5.56 Å². The Labute approximate surface area is 142 Å². The van der Waals surface area contributed by atoms with E-state index in [1.54, 1.807) is 36.4 Å². The van der Waals surface area contributed by atoms with Gasteiger partial charge >= 0.3 is 5.97 Å². The standard InChI is InChI=1S/C19H13FN2O3/c20-13-7-5-12(6-8-13)15-3-1-2-4-16(15)18(23)22-14-9-10-17(19(24)25)21-11-14/h1-11H,(H,22,23)(H,24,25). The van der Waals surface area contributed by atoms with E-state index in [1.807, 2.05) is 0 Å². The topological polar surface area (TPSA) is 79.3 Å². The van der Waals surface area contributed by atoms with Gasteiger partial charge in [-0.15, -0.1) is 0 Å². The zero-order valence-corrected chi connectivity index (χ0v) is 12.9. The lowest BCUT2D eigenvalue weighted by Crippen LogP contribution is -2.13. The van der Waals surface area contributed by atoms with Crippen molar-refractivity contribution in [2.24, 2.45) is 0 Å². The van der Waals surface area contributed by atoms with Gasteiger partial charge in [-0.1, -0.05) is 30.3 Å². The van der Waals surface area contributed by atoms with E-state index in [0.29, 0.717) is 22.4 Å². The summed E-state index contributed by atoms with van der Waals surface area (Å²) in [5.74, 6) is -1.86. The molecular formula is C19H13FN2O3. The molecule has 0 fully saturated rings. The zero-order valence-electron chi connectivity index (χ0n) is 12.9. The number of carbonyl (C=O) groups excluding carboxylic acids is 1. The molecule has 0 saturated carbocycles. The number of carbonyl (C=O) groups is 2. The van der Waals surface area contributed by atoms with Crippen LogP contribution in [0.4, 0.5) is 10.1 Å². The number of carboxylic acids is 1. The Balaban J connectivity index is 1.87. The van der Waals surface area contributed by atoms with E-state index in [4.69, 9.17) is 5.11 Å². The van der Waals surface area contributed by atoms with Gasteiger partial charge in [0.1, 0.15) is 11.5 Å². The second-order valence-electron chi connectivity index (χ2n) is 5.24. The quantitative estimate of drug-likeness (QED) is 0.759. The third kappa shape index (κ3) is 3.69. The molecule has 25 heavy (non-hydrogen) atoms. The molecule has 0 saturated heterocycles. The zero-order chi connectivity index (χ0) is 17.8. The molecule has 1 amide bonds. The number of aromatic nitrogens is 1. The molecule has 0 aliphatic rings. The number of halogens is 1. The lowest BCUT2D eigenvalue weighted by Gasteiger charge is -2.10. The Bertz CT molecular complexity index is 922. The lowest BCUT2D eigenvalue weighted by atomic mass is 9.99. The Hall–Kier alpha value is -3.54. The van der Waals surface area contributed by atoms with Crippen LogP contribution in [-0.2, 0) is 0 Å². The summed E-state index contributed by atoms with van der Waals surface area (Å²) in [5.41, 5.74) is 2.06. The van der Waals surface area contributed by atoms with Crippen LogP contribution in [0.1, 0.15) is 20.8 Å². The van der Waals surface area contributed by atoms with E-state index in [2.05, 4.69) is 10.3 Å². The molecule has 0 radical (unpaired) electrons. The number of amides is 1. The minimum Gasteiger partial charge on any atom is -0.477 e. The summed E-state index contributed by atoms with van der Waals surface area (Å²) in [6, 6.07) is 15.6. The van der Waals surface area contributed by atoms with E-state index in [-0.39, 0.29) is 17.4 Å². The highest BCUT2D eigenvalue weighted by Crippen LogP contribution is 2.24. The maximum Gasteiger partial charge on any atom is 0.354 e. The van der Waals surface area contributed by atoms with Crippen molar-refractivity contribution in [2.75, 3.05) is 5.32 Å². The molecule has 3 aromatic rings. The SMILES string of the molecule is O=C(O)c1ccc(NC(=O)c2ccccc2-c2ccc(F)cc2)cn1. The number of benzene rings is 2. The van der Waals surface area contributed by atoms with Gasteiger partial charge in [0.2, 0.25) is 0 Å². The molecule has 1 aromatic heterocycles. The maximum atomic E-state index is 13.1. The van der Waals surface area contributed by atoms with Gasteiger partial charge in [0.25, 0.3) is 5.91 Å². The first-order valence-electron chi connectivity index (χ1n) is 7.40. The van der Waals surface area contributed by atoms with E-state index in [1.165, 1.54) is 30.5 Å². The minimum atomic E-state index is -1.14. The van der Waals surface area contributed by atoms with Crippen molar-refractivity contribution < 1.29 is 19.1 Å². The predicted molar refractivity (Wildman–Crippen MR) is 91.0 cm³/mol. The second-order valence-corrected chi connectivity index (χ2v) is 5.24. The van der Waals surface area contributed by atoms with Gasteiger partial charge in [-0.2, -0.15) is 0 Å². The Morgan fingerprint density at radius 1 is 0.960 bits per heavy atom. The largest absolute Gasteiger partial charge is 0.477 e. The number of pyridine rings is 1. The van der Waals surface area contributed by atoms with E-state index >= 15 is 0 Å². The molecule has 1 heterocycles. The first-order chi connectivity index (χ1) is 12.0. The van der Waals surface area contributed by atoms with Crippen LogP contribution in [0.5, 0.6) is 0 Å². The summed E-state index contributed by atoms with van der Waals surface area (Å²) in [6.45, 7) is 0. The first-order valence-corrected chi connectivity index (χ1v) is 7.40. The third-order valence-corrected chi connectivity index (χ3v) is 3.57. The van der Waals surface area contributed by atoms with Crippen LogP contribution in [-0.4, -0.2) is 22.0 Å². The average Bonchev–Trinajstić information content (AvgIpc) is 2.63. The molecule has 2 aromatic carbocycles. The van der Waals surface area contributed by atoms with Crippen molar-refractivity contribution in [3.05, 3.63) is 83.9 Å². The fourth-order valence-corrected chi connectivity index (χ4v) is 2.36. The fourth-order valence-electron chi connectivity index (χ4n) is 2.36. The van der Waals surface area contributed by atoms with Gasteiger partial charge in [-0.3, -0.25) is 4.79 Å². The molecule has 0 bridgehead atoms. The average molecular weight is 336 g/mol. The minimum absolute atomic E-state index is 0.107. The number of rotatable bonds is 4. The Morgan fingerprint density at radius 3 is 2.32 bits per heavy atom. The molecule has 0 unspecified atom stereocenters. The lowest BCUT2D eigenvalue weighted by molar-refractivity contribution is 0.0690. The Kier molecular flexibility index (Phi) is 4.52. The normalized spacial score (nSPS) is 10.3. The van der Waals surface area contributed by atoms with E-state index in [9.17, 15) is 14.0 Å². The summed E-state index contributed by atoms with van der Waals surface area (Å²) in [5, 5.41) is 11.5. The van der Waals surface area contributed by atoms with Crippen molar-refractivity contribution in [1.29, 1.82) is 0 Å². The molecule has 0 atom stereocenters. The molecule has 3 rings (SSSR count). The summed E-state index contributed by atoms with van der Waals surface area (Å²) >= 11 is 0. The molecule has 0 spiro atoms. The van der Waals surface area contributed by atoms with Crippen LogP contribution in [0.3, 0.4) is 0 Å². The number of carboxylic acid groups (broad SMARTS) is 1. The molecule has 6 heteroatoms. The number of hydrogen-bond acceptors (Lipinski definition) is 3. The first kappa shape index (κ1) is 16.3. The van der Waals surface area contributed by atoms with Gasteiger partial charge in [0.15, 0.2) is 0 Å². The van der Waals surface area contributed by atoms with Crippen LogP contribution in [0.25, 0.3) is 11.1 Å². The molecular weight excluding hydrogens is 323 g/mol. The van der Waals surface area contributed by atoms with Crippen molar-refractivity contribution >= 4 is 17.6 Å². The predicted octanol–water partition coefficient (Wildman–Crippen LogP) is 3.84. The van der Waals surface area contributed by atoms with Gasteiger partial charge in [0.05, 0.1) is 11.9 Å². The molecule has 5 nitrogen and oxygen atoms in total. The highest BCUT2D eigenvalue weighted by Gasteiger charge is 2.13. The van der Waals surface area contributed by atoms with Crippen molar-refractivity contribution in [3.63, 3.8) is 0 Å². The van der Waals surface area contributed by atoms with Crippen LogP contribution in [0.2, 0.25) is 0 Å². The van der Waals surface area contributed by atoms with Crippen molar-refractivity contribution in [2.45, 2.75) is 0 Å². The van der Waals surface area contributed by atoms with Crippen LogP contribution in [0.15, 0.2) is 66.9 Å². The summed E-state index contributed by atoms with van der Waals surface area (Å²) < 4.78 is 13.1. The molecule has 0 aliphatic carbocycles. The summed E-state index contributed by atoms with van der Waals surface area (Å²) in [4.78, 5) is 27.1. The summed E-state index contributed by atoms with van der Waals surface area (Å²) in [7, 11) is 0. The van der Waals surface area contributed by atoms with Crippen molar-refractivity contribution in [3.8, 4) is 11.1 Å². The van der Waals surface area contributed by atoms with Crippen molar-refractivity contribution in [1.82, 2.24) is 4.98 Å². The van der Waals surface area contributed by atoms with Gasteiger partial charge in [-0.25, -0.2) is 14.2 Å². The van der Waals surface area contributed by atoms with Gasteiger partial charge < -0.3 is 10.4 Å². The molecule has 0 aliphatic heterocycles. The Morgan fingerprint density at radius 2 is 1.68 bits per heavy atom. The van der Waals surface area contributed by atoms with E-state index in [0.717, 1.165) is 0 Å². The number of aromatic carboxylic acids is 1. The van der Waals surface area contributed by atoms with Crippen LogP contribution >= 0.6 is 0 Å². The number of nitrogens with one attached hydrogen (secondary N) is 1. The number of nitrogens with zero attached hydrogens (tertiary/aromatic N) is 1. The highest BCUT2D eigenvalue weighted by atomic mass is 19.1. The third-order valence-electron chi connectivity index (χ3n) is 3.57. The summed E-state index contributed by atoms with van der Waals surface area (Å²) in [6.07, 6.45) is 1.28. The van der Waals surface area contributed by atoms with Gasteiger partial charge in [-0.05, 0) is 41.5 Å². The maximum absolute atomic E-state index is 13.1. The fraction of sp³-hybridized carbons (Fsp3) is 0.